The number of rotatable bonds is 1. The van der Waals surface area contributed by atoms with Crippen LogP contribution in [0.4, 0.5) is 0 Å². The molecule has 3 rings (SSSR count). The van der Waals surface area contributed by atoms with Crippen LogP contribution in [0.15, 0.2) is 39.5 Å². The van der Waals surface area contributed by atoms with E-state index < -0.39 is 0 Å². The normalized spacial score (nSPS) is 14.4. The lowest BCUT2D eigenvalue weighted by Gasteiger charge is -2.28. The molecule has 1 aromatic carbocycles. The third kappa shape index (κ3) is 2.22. The van der Waals surface area contributed by atoms with Crippen LogP contribution in [0.25, 0.3) is 0 Å². The Morgan fingerprint density at radius 2 is 2.06 bits per heavy atom. The molecular weight excluding hydrogens is 310 g/mol. The maximum atomic E-state index is 12.3. The molecular formula is C14H12BrNOS. The van der Waals surface area contributed by atoms with E-state index in [4.69, 9.17) is 0 Å². The van der Waals surface area contributed by atoms with E-state index in [2.05, 4.69) is 34.1 Å². The van der Waals surface area contributed by atoms with Gasteiger partial charge in [-0.15, -0.1) is 11.3 Å². The van der Waals surface area contributed by atoms with Crippen molar-refractivity contribution in [2.45, 2.75) is 13.0 Å². The minimum Gasteiger partial charge on any atom is -0.334 e. The molecule has 4 heteroatoms. The number of hydrogen-bond donors (Lipinski definition) is 0. The minimum absolute atomic E-state index is 0.131. The summed E-state index contributed by atoms with van der Waals surface area (Å²) in [7, 11) is 0. The maximum absolute atomic E-state index is 12.3. The highest BCUT2D eigenvalue weighted by Gasteiger charge is 2.21. The first-order valence-electron chi connectivity index (χ1n) is 5.84. The monoisotopic (exact) mass is 321 g/mol. The molecule has 92 valence electrons. The fourth-order valence-electron chi connectivity index (χ4n) is 2.27. The van der Waals surface area contributed by atoms with E-state index in [9.17, 15) is 4.79 Å². The first kappa shape index (κ1) is 11.9. The molecule has 0 radical (unpaired) electrons. The van der Waals surface area contributed by atoms with Crippen LogP contribution in [-0.4, -0.2) is 17.4 Å². The Hall–Kier alpha value is -1.13. The lowest BCUT2D eigenvalue weighted by atomic mass is 9.99. The molecule has 0 fully saturated rings. The number of thiophene rings is 1. The molecule has 1 aromatic heterocycles. The van der Waals surface area contributed by atoms with Crippen molar-refractivity contribution in [3.8, 4) is 0 Å². The maximum Gasteiger partial charge on any atom is 0.255 e. The van der Waals surface area contributed by atoms with E-state index in [1.54, 1.807) is 11.3 Å². The van der Waals surface area contributed by atoms with Crippen molar-refractivity contribution in [2.75, 3.05) is 6.54 Å². The molecule has 0 unspecified atom stereocenters. The summed E-state index contributed by atoms with van der Waals surface area (Å²) in [5, 5.41) is 1.91. The van der Waals surface area contributed by atoms with Crippen LogP contribution < -0.4 is 0 Å². The van der Waals surface area contributed by atoms with Gasteiger partial charge in [0.15, 0.2) is 0 Å². The second-order valence-electron chi connectivity index (χ2n) is 4.38. The first-order chi connectivity index (χ1) is 8.74. The summed E-state index contributed by atoms with van der Waals surface area (Å²) in [5.74, 6) is 0.131. The highest BCUT2D eigenvalue weighted by atomic mass is 79.9. The van der Waals surface area contributed by atoms with Crippen LogP contribution in [0, 0.1) is 0 Å². The van der Waals surface area contributed by atoms with Crippen LogP contribution in [0.5, 0.6) is 0 Å². The smallest absolute Gasteiger partial charge is 0.255 e. The Kier molecular flexibility index (Phi) is 3.22. The third-order valence-corrected chi connectivity index (χ3v) is 4.74. The number of nitrogens with zero attached hydrogens (tertiary/aromatic N) is 1. The fraction of sp³-hybridized carbons (Fsp3) is 0.214. The lowest BCUT2D eigenvalue weighted by molar-refractivity contribution is 0.0735. The fourth-order valence-corrected chi connectivity index (χ4v) is 3.40. The molecule has 0 bridgehead atoms. The predicted octanol–water partition coefficient (Wildman–Crippen LogP) is 3.71. The van der Waals surface area contributed by atoms with E-state index in [1.807, 2.05) is 22.4 Å². The Morgan fingerprint density at radius 1 is 1.28 bits per heavy atom. The molecule has 0 atom stereocenters. The van der Waals surface area contributed by atoms with Gasteiger partial charge in [-0.2, -0.15) is 0 Å². The van der Waals surface area contributed by atoms with Gasteiger partial charge in [0.05, 0.1) is 9.35 Å². The topological polar surface area (TPSA) is 20.3 Å². The first-order valence-corrected chi connectivity index (χ1v) is 7.51. The van der Waals surface area contributed by atoms with Crippen LogP contribution in [-0.2, 0) is 13.0 Å². The van der Waals surface area contributed by atoms with E-state index in [0.717, 1.165) is 28.9 Å². The number of fused-ring (bicyclic) bond motifs is 1. The van der Waals surface area contributed by atoms with E-state index >= 15 is 0 Å². The third-order valence-electron chi connectivity index (χ3n) is 3.23. The molecule has 2 heterocycles. The van der Waals surface area contributed by atoms with Gasteiger partial charge < -0.3 is 4.90 Å². The van der Waals surface area contributed by atoms with E-state index in [-0.39, 0.29) is 5.91 Å². The van der Waals surface area contributed by atoms with Gasteiger partial charge in [-0.3, -0.25) is 4.79 Å². The largest absolute Gasteiger partial charge is 0.334 e. The summed E-state index contributed by atoms with van der Waals surface area (Å²) in [4.78, 5) is 14.3. The number of amides is 1. The standard InChI is InChI=1S/C14H12BrNOS/c15-13-7-12(9-18-13)14(17)16-6-5-10-3-1-2-4-11(10)8-16/h1-4,7,9H,5-6,8H2. The van der Waals surface area contributed by atoms with Crippen molar-refractivity contribution in [2.24, 2.45) is 0 Å². The summed E-state index contributed by atoms with van der Waals surface area (Å²) in [6, 6.07) is 10.3. The molecule has 0 N–H and O–H groups in total. The van der Waals surface area contributed by atoms with Crippen LogP contribution in [0.3, 0.4) is 0 Å². The SMILES string of the molecule is O=C(c1csc(Br)c1)N1CCc2ccccc2C1. The zero-order chi connectivity index (χ0) is 12.5. The van der Waals surface area contributed by atoms with Crippen molar-refractivity contribution in [1.82, 2.24) is 4.90 Å². The van der Waals surface area contributed by atoms with Crippen LogP contribution in [0.2, 0.25) is 0 Å². The number of carbonyl (C=O) groups is 1. The molecule has 1 aliphatic heterocycles. The van der Waals surface area contributed by atoms with Gasteiger partial charge in [-0.05, 0) is 39.5 Å². The highest BCUT2D eigenvalue weighted by molar-refractivity contribution is 9.11. The molecule has 2 aromatic rings. The molecule has 0 spiro atoms. The summed E-state index contributed by atoms with van der Waals surface area (Å²) in [6.07, 6.45) is 0.952. The van der Waals surface area contributed by atoms with Crippen molar-refractivity contribution >= 4 is 33.2 Å². The molecule has 18 heavy (non-hydrogen) atoms. The summed E-state index contributed by atoms with van der Waals surface area (Å²) < 4.78 is 1.00. The van der Waals surface area contributed by atoms with Crippen LogP contribution in [0.1, 0.15) is 21.5 Å². The summed E-state index contributed by atoms with van der Waals surface area (Å²) in [5.41, 5.74) is 3.42. The minimum atomic E-state index is 0.131. The second kappa shape index (κ2) is 4.86. The van der Waals surface area contributed by atoms with Gasteiger partial charge >= 0.3 is 0 Å². The predicted molar refractivity (Wildman–Crippen MR) is 76.9 cm³/mol. The van der Waals surface area contributed by atoms with E-state index in [1.165, 1.54) is 11.1 Å². The molecule has 0 saturated carbocycles. The number of halogens is 1. The molecule has 1 aliphatic rings. The van der Waals surface area contributed by atoms with Crippen molar-refractivity contribution in [1.29, 1.82) is 0 Å². The summed E-state index contributed by atoms with van der Waals surface area (Å²) >= 11 is 4.95. The van der Waals surface area contributed by atoms with Crippen molar-refractivity contribution in [3.63, 3.8) is 0 Å². The second-order valence-corrected chi connectivity index (χ2v) is 6.68. The van der Waals surface area contributed by atoms with E-state index in [0.29, 0.717) is 0 Å². The van der Waals surface area contributed by atoms with Crippen LogP contribution >= 0.6 is 27.3 Å². The highest BCUT2D eigenvalue weighted by Crippen LogP contribution is 2.24. The van der Waals surface area contributed by atoms with Gasteiger partial charge in [-0.25, -0.2) is 0 Å². The van der Waals surface area contributed by atoms with Gasteiger partial charge in [-0.1, -0.05) is 24.3 Å². The molecule has 1 amide bonds. The lowest BCUT2D eigenvalue weighted by Crippen LogP contribution is -2.35. The number of hydrogen-bond acceptors (Lipinski definition) is 2. The Morgan fingerprint density at radius 3 is 2.78 bits per heavy atom. The average Bonchev–Trinajstić information content (AvgIpc) is 2.84. The summed E-state index contributed by atoms with van der Waals surface area (Å²) in [6.45, 7) is 1.53. The van der Waals surface area contributed by atoms with Gasteiger partial charge in [0.2, 0.25) is 0 Å². The average molecular weight is 322 g/mol. The van der Waals surface area contributed by atoms with Crippen molar-refractivity contribution < 1.29 is 4.79 Å². The molecule has 0 saturated heterocycles. The number of benzene rings is 1. The van der Waals surface area contributed by atoms with Gasteiger partial charge in [0, 0.05) is 18.5 Å². The Bertz CT molecular complexity index is 593. The zero-order valence-electron chi connectivity index (χ0n) is 9.73. The van der Waals surface area contributed by atoms with Crippen molar-refractivity contribution in [3.05, 3.63) is 56.2 Å². The zero-order valence-corrected chi connectivity index (χ0v) is 12.1. The molecule has 0 aliphatic carbocycles. The molecule has 2 nitrogen and oxygen atoms in total. The number of carbonyl (C=O) groups excluding carboxylic acids is 1. The van der Waals surface area contributed by atoms with Gasteiger partial charge in [0.1, 0.15) is 0 Å². The van der Waals surface area contributed by atoms with Gasteiger partial charge in [0.25, 0.3) is 5.91 Å². The quantitative estimate of drug-likeness (QED) is 0.784. The Labute approximate surface area is 118 Å². The Balaban J connectivity index is 1.82.